The van der Waals surface area contributed by atoms with Crippen molar-refractivity contribution in [1.29, 1.82) is 0 Å². The first-order valence-corrected chi connectivity index (χ1v) is 14.5. The van der Waals surface area contributed by atoms with Crippen LogP contribution in [0.1, 0.15) is 34.1 Å². The smallest absolute Gasteiger partial charge is 0.358 e. The second-order valence-corrected chi connectivity index (χ2v) is 10.5. The van der Waals surface area contributed by atoms with Gasteiger partial charge in [-0.25, -0.2) is 9.78 Å². The van der Waals surface area contributed by atoms with Gasteiger partial charge in [0.2, 0.25) is 0 Å². The standard InChI is InChI=1S/C37H30ClN3O2/c1-2-43-36(42)34-35(40-33-24-20-28(21-25-33)27-18-22-32(38)23-19-27)39-26-41(34)37(29-12-6-3-7-13-29,30-14-8-4-9-15-30)31-16-10-5-11-17-31/h3-26,40H,2H2,1H3. The van der Waals surface area contributed by atoms with E-state index in [1.807, 2.05) is 108 Å². The van der Waals surface area contributed by atoms with Crippen LogP contribution < -0.4 is 5.32 Å². The lowest BCUT2D eigenvalue weighted by Crippen LogP contribution is -2.39. The van der Waals surface area contributed by atoms with E-state index in [0.717, 1.165) is 33.5 Å². The van der Waals surface area contributed by atoms with E-state index in [2.05, 4.69) is 41.7 Å². The zero-order chi connectivity index (χ0) is 29.6. The molecule has 0 bridgehead atoms. The lowest BCUT2D eigenvalue weighted by atomic mass is 9.76. The molecule has 6 rings (SSSR count). The highest BCUT2D eigenvalue weighted by Gasteiger charge is 2.42. The third-order valence-electron chi connectivity index (χ3n) is 7.50. The minimum absolute atomic E-state index is 0.230. The van der Waals surface area contributed by atoms with Gasteiger partial charge in [0.25, 0.3) is 0 Å². The number of nitrogens with one attached hydrogen (secondary N) is 1. The van der Waals surface area contributed by atoms with Crippen LogP contribution in [-0.2, 0) is 10.3 Å². The topological polar surface area (TPSA) is 56.1 Å². The molecule has 0 aliphatic carbocycles. The Hall–Kier alpha value is -5.13. The highest BCUT2D eigenvalue weighted by atomic mass is 35.5. The molecule has 6 heteroatoms. The molecule has 5 aromatic carbocycles. The Morgan fingerprint density at radius 3 is 1.65 bits per heavy atom. The van der Waals surface area contributed by atoms with E-state index < -0.39 is 11.5 Å². The molecule has 0 amide bonds. The van der Waals surface area contributed by atoms with Crippen LogP contribution in [0.3, 0.4) is 0 Å². The summed E-state index contributed by atoms with van der Waals surface area (Å²) in [6.45, 7) is 2.04. The summed E-state index contributed by atoms with van der Waals surface area (Å²) < 4.78 is 7.58. The summed E-state index contributed by atoms with van der Waals surface area (Å²) in [7, 11) is 0. The maximum Gasteiger partial charge on any atom is 0.358 e. The number of esters is 1. The van der Waals surface area contributed by atoms with Crippen molar-refractivity contribution in [3.63, 3.8) is 0 Å². The summed E-state index contributed by atoms with van der Waals surface area (Å²) >= 11 is 6.07. The molecule has 1 N–H and O–H groups in total. The summed E-state index contributed by atoms with van der Waals surface area (Å²) in [6.07, 6.45) is 1.73. The first-order chi connectivity index (χ1) is 21.1. The quantitative estimate of drug-likeness (QED) is 0.136. The van der Waals surface area contributed by atoms with Crippen molar-refractivity contribution < 1.29 is 9.53 Å². The Morgan fingerprint density at radius 1 is 0.721 bits per heavy atom. The van der Waals surface area contributed by atoms with Crippen molar-refractivity contribution >= 4 is 29.1 Å². The van der Waals surface area contributed by atoms with Gasteiger partial charge in [-0.1, -0.05) is 127 Å². The molecule has 0 atom stereocenters. The van der Waals surface area contributed by atoms with Crippen LogP contribution in [0.2, 0.25) is 5.02 Å². The summed E-state index contributed by atoms with van der Waals surface area (Å²) in [5.74, 6) is -0.0580. The van der Waals surface area contributed by atoms with Crippen molar-refractivity contribution in [2.75, 3.05) is 11.9 Å². The zero-order valence-electron chi connectivity index (χ0n) is 23.7. The van der Waals surface area contributed by atoms with Gasteiger partial charge in [-0.3, -0.25) is 0 Å². The van der Waals surface area contributed by atoms with E-state index >= 15 is 0 Å². The minimum Gasteiger partial charge on any atom is -0.461 e. The van der Waals surface area contributed by atoms with Gasteiger partial charge in [-0.15, -0.1) is 0 Å². The predicted octanol–water partition coefficient (Wildman–Crippen LogP) is 8.96. The molecule has 212 valence electrons. The highest BCUT2D eigenvalue weighted by molar-refractivity contribution is 6.30. The fourth-order valence-electron chi connectivity index (χ4n) is 5.57. The van der Waals surface area contributed by atoms with Crippen LogP contribution in [0.25, 0.3) is 11.1 Å². The van der Waals surface area contributed by atoms with E-state index in [-0.39, 0.29) is 6.61 Å². The average molecular weight is 584 g/mol. The number of imidazole rings is 1. The van der Waals surface area contributed by atoms with Gasteiger partial charge < -0.3 is 14.6 Å². The van der Waals surface area contributed by atoms with Gasteiger partial charge >= 0.3 is 5.97 Å². The number of halogens is 1. The van der Waals surface area contributed by atoms with Crippen molar-refractivity contribution in [1.82, 2.24) is 9.55 Å². The van der Waals surface area contributed by atoms with Crippen LogP contribution in [0.4, 0.5) is 11.5 Å². The largest absolute Gasteiger partial charge is 0.461 e. The Labute approximate surface area is 256 Å². The molecule has 0 saturated heterocycles. The molecule has 5 nitrogen and oxygen atoms in total. The van der Waals surface area contributed by atoms with Gasteiger partial charge in [-0.2, -0.15) is 0 Å². The van der Waals surface area contributed by atoms with Crippen LogP contribution in [0.5, 0.6) is 0 Å². The molecule has 0 aliphatic rings. The molecule has 0 saturated carbocycles. The first-order valence-electron chi connectivity index (χ1n) is 14.2. The monoisotopic (exact) mass is 583 g/mol. The SMILES string of the molecule is CCOC(=O)c1c(Nc2ccc(-c3ccc(Cl)cc3)cc2)ncn1C(c1ccccc1)(c1ccccc1)c1ccccc1. The van der Waals surface area contributed by atoms with E-state index in [4.69, 9.17) is 21.3 Å². The highest BCUT2D eigenvalue weighted by Crippen LogP contribution is 2.43. The number of hydrogen-bond acceptors (Lipinski definition) is 4. The van der Waals surface area contributed by atoms with Crippen molar-refractivity contribution in [3.8, 4) is 11.1 Å². The number of ether oxygens (including phenoxy) is 1. The Balaban J connectivity index is 1.53. The molecule has 1 heterocycles. The molecule has 6 aromatic rings. The third-order valence-corrected chi connectivity index (χ3v) is 7.75. The van der Waals surface area contributed by atoms with Crippen LogP contribution in [0, 0.1) is 0 Å². The Morgan fingerprint density at radius 2 is 1.19 bits per heavy atom. The number of hydrogen-bond donors (Lipinski definition) is 1. The maximum atomic E-state index is 13.8. The number of aromatic nitrogens is 2. The van der Waals surface area contributed by atoms with Crippen LogP contribution >= 0.6 is 11.6 Å². The van der Waals surface area contributed by atoms with E-state index in [1.54, 1.807) is 13.3 Å². The first kappa shape index (κ1) is 28.0. The second kappa shape index (κ2) is 12.4. The molecule has 0 radical (unpaired) electrons. The van der Waals surface area contributed by atoms with Gasteiger partial charge in [0, 0.05) is 10.7 Å². The molecule has 0 unspecified atom stereocenters. The average Bonchev–Trinajstić information content (AvgIpc) is 3.47. The summed E-state index contributed by atoms with van der Waals surface area (Å²) in [4.78, 5) is 18.6. The summed E-state index contributed by atoms with van der Waals surface area (Å²) in [5, 5.41) is 4.09. The number of nitrogens with zero attached hydrogens (tertiary/aromatic N) is 2. The minimum atomic E-state index is -0.919. The molecular formula is C37H30ClN3O2. The van der Waals surface area contributed by atoms with Crippen LogP contribution in [0.15, 0.2) is 146 Å². The van der Waals surface area contributed by atoms with E-state index in [1.165, 1.54) is 0 Å². The lowest BCUT2D eigenvalue weighted by Gasteiger charge is -2.38. The van der Waals surface area contributed by atoms with Crippen LogP contribution in [-0.4, -0.2) is 22.1 Å². The van der Waals surface area contributed by atoms with Gasteiger partial charge in [0.1, 0.15) is 5.54 Å². The summed E-state index contributed by atoms with van der Waals surface area (Å²) in [5.41, 5.74) is 5.24. The normalized spacial score (nSPS) is 11.2. The second-order valence-electron chi connectivity index (χ2n) is 10.0. The van der Waals surface area contributed by atoms with Gasteiger partial charge in [-0.05, 0) is 59.0 Å². The molecule has 0 fully saturated rings. The number of anilines is 2. The van der Waals surface area contributed by atoms with Crippen molar-refractivity contribution in [2.24, 2.45) is 0 Å². The molecule has 43 heavy (non-hydrogen) atoms. The Kier molecular flexibility index (Phi) is 8.07. The van der Waals surface area contributed by atoms with Gasteiger partial charge in [0.05, 0.1) is 12.9 Å². The lowest BCUT2D eigenvalue weighted by molar-refractivity contribution is 0.0512. The number of carbonyl (C=O) groups is 1. The van der Waals surface area contributed by atoms with Gasteiger partial charge in [0.15, 0.2) is 11.5 Å². The molecule has 0 spiro atoms. The molecular weight excluding hydrogens is 554 g/mol. The molecule has 0 aliphatic heterocycles. The number of rotatable bonds is 9. The predicted molar refractivity (Wildman–Crippen MR) is 173 cm³/mol. The maximum absolute atomic E-state index is 13.8. The van der Waals surface area contributed by atoms with E-state index in [9.17, 15) is 4.79 Å². The number of benzene rings is 5. The van der Waals surface area contributed by atoms with Crippen molar-refractivity contribution in [3.05, 3.63) is 173 Å². The fraction of sp³-hybridized carbons (Fsp3) is 0.0811. The zero-order valence-corrected chi connectivity index (χ0v) is 24.4. The fourth-order valence-corrected chi connectivity index (χ4v) is 5.70. The third kappa shape index (κ3) is 5.43. The Bertz CT molecular complexity index is 1710. The van der Waals surface area contributed by atoms with Crippen molar-refractivity contribution in [2.45, 2.75) is 12.5 Å². The van der Waals surface area contributed by atoms with E-state index in [0.29, 0.717) is 16.5 Å². The molecule has 1 aromatic heterocycles. The number of carbonyl (C=O) groups excluding carboxylic acids is 1. The summed E-state index contributed by atoms with van der Waals surface area (Å²) in [6, 6.07) is 46.2.